The minimum Gasteiger partial charge on any atom is -0.491 e. The largest absolute Gasteiger partial charge is 0.491 e. The van der Waals surface area contributed by atoms with Crippen LogP contribution in [0, 0.1) is 0 Å². The van der Waals surface area contributed by atoms with Gasteiger partial charge in [-0.25, -0.2) is 14.6 Å². The van der Waals surface area contributed by atoms with Gasteiger partial charge in [-0.2, -0.15) is 13.9 Å². The van der Waals surface area contributed by atoms with Crippen molar-refractivity contribution in [2.75, 3.05) is 5.32 Å². The normalized spacial score (nSPS) is 14.4. The third-order valence-corrected chi connectivity index (χ3v) is 4.69. The summed E-state index contributed by atoms with van der Waals surface area (Å²) in [5.74, 6) is -2.22. The summed E-state index contributed by atoms with van der Waals surface area (Å²) in [5, 5.41) is 8.15. The van der Waals surface area contributed by atoms with Crippen LogP contribution in [0.3, 0.4) is 0 Å². The predicted octanol–water partition coefficient (Wildman–Crippen LogP) is 4.55. The smallest absolute Gasteiger partial charge is 0.287 e. The number of amides is 1. The number of carbonyl (C=O) groups is 1. The van der Waals surface area contributed by atoms with E-state index in [-0.39, 0.29) is 17.8 Å². The van der Waals surface area contributed by atoms with E-state index in [1.165, 1.54) is 17.7 Å². The molecular weight excluding hydrogens is 392 g/mol. The molecule has 158 valence electrons. The monoisotopic (exact) mass is 415 g/mol. The fraction of sp³-hybridized carbons (Fsp3) is 0.429. The Hall–Kier alpha value is -3.10. The van der Waals surface area contributed by atoms with E-state index >= 15 is 0 Å². The van der Waals surface area contributed by atoms with E-state index in [9.17, 15) is 13.6 Å². The molecule has 3 aromatic rings. The number of rotatable bonds is 6. The number of hydrogen-bond acceptors (Lipinski definition) is 5. The van der Waals surface area contributed by atoms with Crippen LogP contribution in [0.1, 0.15) is 57.8 Å². The van der Waals surface area contributed by atoms with Gasteiger partial charge in [-0.05, 0) is 26.7 Å². The minimum absolute atomic E-state index is 0.189. The first-order chi connectivity index (χ1) is 14.1. The van der Waals surface area contributed by atoms with Crippen LogP contribution in [0.5, 0.6) is 5.75 Å². The summed E-state index contributed by atoms with van der Waals surface area (Å²) in [6, 6.07) is 4.52. The number of fused-ring (bicyclic) bond motifs is 1. The fourth-order valence-corrected chi connectivity index (χ4v) is 3.28. The SMILES string of the molecule is CC(=O)Nc1cc2c(cn1)c(C1CC1)nn2-c1cc(OC(C)C)cc(C(C)(F)F)n1. The molecular formula is C21H23F2N5O2. The number of nitrogens with one attached hydrogen (secondary N) is 1. The predicted molar refractivity (Wildman–Crippen MR) is 108 cm³/mol. The molecule has 0 spiro atoms. The highest BCUT2D eigenvalue weighted by atomic mass is 19.3. The first-order valence-electron chi connectivity index (χ1n) is 9.85. The van der Waals surface area contributed by atoms with Gasteiger partial charge >= 0.3 is 0 Å². The summed E-state index contributed by atoms with van der Waals surface area (Å²) in [4.78, 5) is 19.9. The van der Waals surface area contributed by atoms with E-state index < -0.39 is 11.6 Å². The van der Waals surface area contributed by atoms with Gasteiger partial charge in [-0.15, -0.1) is 0 Å². The first kappa shape index (κ1) is 20.2. The number of nitrogens with zero attached hydrogens (tertiary/aromatic N) is 4. The molecule has 4 rings (SSSR count). The fourth-order valence-electron chi connectivity index (χ4n) is 3.28. The molecule has 3 heterocycles. The van der Waals surface area contributed by atoms with Gasteiger partial charge in [0.2, 0.25) is 5.91 Å². The van der Waals surface area contributed by atoms with Crippen LogP contribution < -0.4 is 10.1 Å². The van der Waals surface area contributed by atoms with E-state index in [0.29, 0.717) is 23.0 Å². The summed E-state index contributed by atoms with van der Waals surface area (Å²) in [7, 11) is 0. The van der Waals surface area contributed by atoms with Gasteiger partial charge in [0.05, 0.1) is 17.3 Å². The lowest BCUT2D eigenvalue weighted by atomic mass is 10.2. The van der Waals surface area contributed by atoms with E-state index in [1.54, 1.807) is 18.3 Å². The molecule has 1 N–H and O–H groups in total. The maximum absolute atomic E-state index is 14.1. The number of hydrogen-bond donors (Lipinski definition) is 1. The second kappa shape index (κ2) is 7.30. The number of carbonyl (C=O) groups excluding carboxylic acids is 1. The lowest BCUT2D eigenvalue weighted by Gasteiger charge is -2.16. The lowest BCUT2D eigenvalue weighted by molar-refractivity contribution is -0.114. The lowest BCUT2D eigenvalue weighted by Crippen LogP contribution is -2.14. The van der Waals surface area contributed by atoms with Crippen molar-refractivity contribution in [1.82, 2.24) is 19.7 Å². The van der Waals surface area contributed by atoms with Crippen molar-refractivity contribution >= 4 is 22.6 Å². The van der Waals surface area contributed by atoms with Gasteiger partial charge in [0, 0.05) is 49.5 Å². The summed E-state index contributed by atoms with van der Waals surface area (Å²) in [5.41, 5.74) is 1.09. The summed E-state index contributed by atoms with van der Waals surface area (Å²) in [6.45, 7) is 5.84. The second-order valence-corrected chi connectivity index (χ2v) is 7.94. The molecule has 0 bridgehead atoms. The average Bonchev–Trinajstić information content (AvgIpc) is 3.40. The van der Waals surface area contributed by atoms with Gasteiger partial charge in [0.15, 0.2) is 5.82 Å². The zero-order chi connectivity index (χ0) is 21.6. The molecule has 0 unspecified atom stereocenters. The van der Waals surface area contributed by atoms with Gasteiger partial charge in [-0.1, -0.05) is 0 Å². The Labute approximate surface area is 172 Å². The number of ether oxygens (including phenoxy) is 1. The Morgan fingerprint density at radius 2 is 2.03 bits per heavy atom. The molecule has 0 aliphatic heterocycles. The highest BCUT2D eigenvalue weighted by Crippen LogP contribution is 2.43. The first-order valence-corrected chi connectivity index (χ1v) is 9.85. The van der Waals surface area contributed by atoms with E-state index in [2.05, 4.69) is 20.4 Å². The van der Waals surface area contributed by atoms with Gasteiger partial charge < -0.3 is 10.1 Å². The molecule has 1 amide bonds. The molecule has 0 atom stereocenters. The van der Waals surface area contributed by atoms with Crippen LogP contribution in [0.2, 0.25) is 0 Å². The average molecular weight is 415 g/mol. The number of halogens is 2. The van der Waals surface area contributed by atoms with Crippen molar-refractivity contribution in [3.8, 4) is 11.6 Å². The Morgan fingerprint density at radius 1 is 1.30 bits per heavy atom. The number of anilines is 1. The summed E-state index contributed by atoms with van der Waals surface area (Å²) in [6.07, 6.45) is 3.50. The number of alkyl halides is 2. The molecule has 1 aliphatic carbocycles. The maximum atomic E-state index is 14.1. The standard InChI is InChI=1S/C21H23F2N5O2/c1-11(2)30-14-7-17(21(4,22)23)26-19(8-14)28-16-9-18(25-12(3)29)24-10-15(16)20(27-28)13-5-6-13/h7-11,13H,5-6H2,1-4H3,(H,24,25,29). The zero-order valence-corrected chi connectivity index (χ0v) is 17.2. The molecule has 0 aromatic carbocycles. The van der Waals surface area contributed by atoms with Gasteiger partial charge in [0.1, 0.15) is 17.3 Å². The van der Waals surface area contributed by atoms with Crippen LogP contribution in [0.15, 0.2) is 24.4 Å². The quantitative estimate of drug-likeness (QED) is 0.639. The topological polar surface area (TPSA) is 81.9 Å². The number of pyridine rings is 2. The number of aromatic nitrogens is 4. The molecule has 30 heavy (non-hydrogen) atoms. The van der Waals surface area contributed by atoms with Crippen LogP contribution in [-0.4, -0.2) is 31.8 Å². The van der Waals surface area contributed by atoms with Crippen molar-refractivity contribution in [2.45, 2.75) is 58.5 Å². The van der Waals surface area contributed by atoms with Crippen LogP contribution in [0.25, 0.3) is 16.7 Å². The van der Waals surface area contributed by atoms with Crippen LogP contribution in [-0.2, 0) is 10.7 Å². The molecule has 0 saturated heterocycles. The molecule has 1 aliphatic rings. The van der Waals surface area contributed by atoms with E-state index in [4.69, 9.17) is 4.74 Å². The summed E-state index contributed by atoms with van der Waals surface area (Å²) < 4.78 is 35.5. The third-order valence-electron chi connectivity index (χ3n) is 4.69. The van der Waals surface area contributed by atoms with E-state index in [0.717, 1.165) is 30.8 Å². The zero-order valence-electron chi connectivity index (χ0n) is 17.2. The van der Waals surface area contributed by atoms with Crippen LogP contribution in [0.4, 0.5) is 14.6 Å². The summed E-state index contributed by atoms with van der Waals surface area (Å²) >= 11 is 0. The van der Waals surface area contributed by atoms with Crippen molar-refractivity contribution in [1.29, 1.82) is 0 Å². The molecule has 9 heteroatoms. The van der Waals surface area contributed by atoms with Crippen molar-refractivity contribution in [3.05, 3.63) is 35.8 Å². The molecule has 0 radical (unpaired) electrons. The van der Waals surface area contributed by atoms with Crippen molar-refractivity contribution < 1.29 is 18.3 Å². The third kappa shape index (κ3) is 4.10. The molecule has 1 saturated carbocycles. The van der Waals surface area contributed by atoms with Gasteiger partial charge in [0.25, 0.3) is 5.92 Å². The Bertz CT molecular complexity index is 1120. The van der Waals surface area contributed by atoms with Gasteiger partial charge in [-0.3, -0.25) is 4.79 Å². The Morgan fingerprint density at radius 3 is 2.63 bits per heavy atom. The Kier molecular flexibility index (Phi) is 4.91. The second-order valence-electron chi connectivity index (χ2n) is 7.94. The van der Waals surface area contributed by atoms with Crippen LogP contribution >= 0.6 is 0 Å². The molecule has 3 aromatic heterocycles. The van der Waals surface area contributed by atoms with Crippen molar-refractivity contribution in [3.63, 3.8) is 0 Å². The highest BCUT2D eigenvalue weighted by Gasteiger charge is 2.31. The van der Waals surface area contributed by atoms with E-state index in [1.807, 2.05) is 13.8 Å². The molecule has 7 nitrogen and oxygen atoms in total. The highest BCUT2D eigenvalue weighted by molar-refractivity contribution is 5.91. The maximum Gasteiger partial charge on any atom is 0.287 e. The molecule has 1 fully saturated rings. The Balaban J connectivity index is 1.92. The minimum atomic E-state index is -3.14. The van der Waals surface area contributed by atoms with Crippen molar-refractivity contribution in [2.24, 2.45) is 0 Å².